The normalized spacial score (nSPS) is 10.5. The average molecular weight is 231 g/mol. The number of nitrogen functional groups attached to an aromatic ring is 2. The Balaban J connectivity index is 2.14. The first kappa shape index (κ1) is 11.3. The molecule has 0 amide bonds. The third-order valence-corrected chi connectivity index (χ3v) is 2.69. The number of aromatic nitrogens is 2. The Kier molecular flexibility index (Phi) is 2.91. The van der Waals surface area contributed by atoms with Crippen molar-refractivity contribution in [3.63, 3.8) is 0 Å². The largest absolute Gasteiger partial charge is 0.397 e. The van der Waals surface area contributed by atoms with Crippen LogP contribution in [0, 0.1) is 0 Å². The van der Waals surface area contributed by atoms with Crippen molar-refractivity contribution in [1.82, 2.24) is 9.78 Å². The number of anilines is 3. The van der Waals surface area contributed by atoms with E-state index in [1.807, 2.05) is 44.7 Å². The van der Waals surface area contributed by atoms with Crippen LogP contribution < -0.4 is 16.4 Å². The van der Waals surface area contributed by atoms with Gasteiger partial charge in [0.1, 0.15) is 0 Å². The van der Waals surface area contributed by atoms with Gasteiger partial charge in [0.05, 0.1) is 17.6 Å². The van der Waals surface area contributed by atoms with Gasteiger partial charge in [0, 0.05) is 38.1 Å². The molecule has 0 atom stereocenters. The minimum Gasteiger partial charge on any atom is -0.397 e. The standard InChI is InChI=1S/C12H17N5/c1-16(7-9-6-15-17(2)8-9)10-3-4-11(13)12(14)5-10/h3-6,8H,7,13-14H2,1-2H3. The Labute approximate surface area is 101 Å². The van der Waals surface area contributed by atoms with Crippen molar-refractivity contribution in [2.45, 2.75) is 6.54 Å². The van der Waals surface area contributed by atoms with Gasteiger partial charge in [-0.3, -0.25) is 4.68 Å². The van der Waals surface area contributed by atoms with Crippen LogP contribution in [0.15, 0.2) is 30.6 Å². The van der Waals surface area contributed by atoms with Crippen LogP contribution in [0.2, 0.25) is 0 Å². The van der Waals surface area contributed by atoms with Gasteiger partial charge in [-0.2, -0.15) is 5.10 Å². The number of hydrogen-bond donors (Lipinski definition) is 2. The quantitative estimate of drug-likeness (QED) is 0.779. The van der Waals surface area contributed by atoms with Crippen LogP contribution in [0.4, 0.5) is 17.1 Å². The average Bonchev–Trinajstić information content (AvgIpc) is 2.68. The molecule has 17 heavy (non-hydrogen) atoms. The summed E-state index contributed by atoms with van der Waals surface area (Å²) in [7, 11) is 3.92. The highest BCUT2D eigenvalue weighted by molar-refractivity contribution is 5.69. The lowest BCUT2D eigenvalue weighted by atomic mass is 10.2. The van der Waals surface area contributed by atoms with Crippen LogP contribution in [-0.2, 0) is 13.6 Å². The summed E-state index contributed by atoms with van der Waals surface area (Å²) >= 11 is 0. The van der Waals surface area contributed by atoms with E-state index < -0.39 is 0 Å². The molecule has 5 nitrogen and oxygen atoms in total. The molecule has 0 bridgehead atoms. The van der Waals surface area contributed by atoms with E-state index >= 15 is 0 Å². The number of benzene rings is 1. The molecule has 1 aromatic heterocycles. The molecule has 0 aliphatic carbocycles. The van der Waals surface area contributed by atoms with E-state index in [9.17, 15) is 0 Å². The molecule has 90 valence electrons. The van der Waals surface area contributed by atoms with Crippen LogP contribution in [0.3, 0.4) is 0 Å². The van der Waals surface area contributed by atoms with Crippen LogP contribution in [0.5, 0.6) is 0 Å². The molecule has 0 unspecified atom stereocenters. The summed E-state index contributed by atoms with van der Waals surface area (Å²) in [6, 6.07) is 5.66. The minimum absolute atomic E-state index is 0.612. The number of aryl methyl sites for hydroxylation is 1. The summed E-state index contributed by atoms with van der Waals surface area (Å²) in [6.07, 6.45) is 3.86. The van der Waals surface area contributed by atoms with Crippen molar-refractivity contribution in [2.75, 3.05) is 23.4 Å². The fourth-order valence-corrected chi connectivity index (χ4v) is 1.72. The maximum Gasteiger partial charge on any atom is 0.0568 e. The molecule has 0 saturated heterocycles. The fourth-order valence-electron chi connectivity index (χ4n) is 1.72. The highest BCUT2D eigenvalue weighted by Crippen LogP contribution is 2.23. The van der Waals surface area contributed by atoms with Gasteiger partial charge >= 0.3 is 0 Å². The van der Waals surface area contributed by atoms with E-state index in [4.69, 9.17) is 11.5 Å². The Bertz CT molecular complexity index is 517. The molecule has 0 radical (unpaired) electrons. The third kappa shape index (κ3) is 2.50. The lowest BCUT2D eigenvalue weighted by Gasteiger charge is -2.19. The molecule has 0 saturated carbocycles. The molecule has 0 fully saturated rings. The predicted molar refractivity (Wildman–Crippen MR) is 70.6 cm³/mol. The second-order valence-corrected chi connectivity index (χ2v) is 4.19. The van der Waals surface area contributed by atoms with E-state index in [1.165, 1.54) is 0 Å². The van der Waals surface area contributed by atoms with Gasteiger partial charge in [0.15, 0.2) is 0 Å². The fraction of sp³-hybridized carbons (Fsp3) is 0.250. The van der Waals surface area contributed by atoms with E-state index in [0.29, 0.717) is 11.4 Å². The van der Waals surface area contributed by atoms with Crippen LogP contribution in [0.25, 0.3) is 0 Å². The van der Waals surface area contributed by atoms with Gasteiger partial charge in [0.25, 0.3) is 0 Å². The number of rotatable bonds is 3. The second-order valence-electron chi connectivity index (χ2n) is 4.19. The van der Waals surface area contributed by atoms with Gasteiger partial charge in [-0.15, -0.1) is 0 Å². The first-order valence-corrected chi connectivity index (χ1v) is 5.40. The Hall–Kier alpha value is -2.17. The Morgan fingerprint density at radius 2 is 2.06 bits per heavy atom. The van der Waals surface area contributed by atoms with Crippen molar-refractivity contribution in [3.8, 4) is 0 Å². The zero-order chi connectivity index (χ0) is 12.4. The summed E-state index contributed by atoms with van der Waals surface area (Å²) < 4.78 is 1.79. The summed E-state index contributed by atoms with van der Waals surface area (Å²) in [4.78, 5) is 2.10. The van der Waals surface area contributed by atoms with Crippen molar-refractivity contribution in [3.05, 3.63) is 36.2 Å². The SMILES string of the molecule is CN(Cc1cnn(C)c1)c1ccc(N)c(N)c1. The monoisotopic (exact) mass is 231 g/mol. The van der Waals surface area contributed by atoms with E-state index in [-0.39, 0.29) is 0 Å². The minimum atomic E-state index is 0.612. The maximum atomic E-state index is 5.79. The first-order chi connectivity index (χ1) is 8.06. The van der Waals surface area contributed by atoms with Gasteiger partial charge in [0.2, 0.25) is 0 Å². The van der Waals surface area contributed by atoms with Gasteiger partial charge in [-0.1, -0.05) is 0 Å². The lowest BCUT2D eigenvalue weighted by molar-refractivity contribution is 0.766. The topological polar surface area (TPSA) is 73.1 Å². The van der Waals surface area contributed by atoms with E-state index in [0.717, 1.165) is 17.8 Å². The zero-order valence-electron chi connectivity index (χ0n) is 10.1. The lowest BCUT2D eigenvalue weighted by Crippen LogP contribution is -2.16. The summed E-state index contributed by atoms with van der Waals surface area (Å²) in [5.74, 6) is 0. The molecule has 2 aromatic rings. The first-order valence-electron chi connectivity index (χ1n) is 5.40. The third-order valence-electron chi connectivity index (χ3n) is 2.69. The van der Waals surface area contributed by atoms with Crippen molar-refractivity contribution >= 4 is 17.1 Å². The summed E-state index contributed by atoms with van der Waals surface area (Å²) in [5, 5.41) is 4.14. The summed E-state index contributed by atoms with van der Waals surface area (Å²) in [6.45, 7) is 0.789. The number of nitrogens with zero attached hydrogens (tertiary/aromatic N) is 3. The maximum absolute atomic E-state index is 5.79. The van der Waals surface area contributed by atoms with E-state index in [1.54, 1.807) is 4.68 Å². The molecule has 5 heteroatoms. The number of hydrogen-bond acceptors (Lipinski definition) is 4. The molecule has 4 N–H and O–H groups in total. The number of nitrogens with two attached hydrogens (primary N) is 2. The highest BCUT2D eigenvalue weighted by atomic mass is 15.2. The van der Waals surface area contributed by atoms with Crippen molar-refractivity contribution in [2.24, 2.45) is 7.05 Å². The molecule has 0 aliphatic heterocycles. The van der Waals surface area contributed by atoms with Crippen LogP contribution >= 0.6 is 0 Å². The molecule has 2 rings (SSSR count). The van der Waals surface area contributed by atoms with Gasteiger partial charge < -0.3 is 16.4 Å². The predicted octanol–water partition coefficient (Wildman–Crippen LogP) is 1.22. The Morgan fingerprint density at radius 1 is 1.29 bits per heavy atom. The zero-order valence-corrected chi connectivity index (χ0v) is 10.1. The van der Waals surface area contributed by atoms with E-state index in [2.05, 4.69) is 10.00 Å². The van der Waals surface area contributed by atoms with Crippen molar-refractivity contribution < 1.29 is 0 Å². The van der Waals surface area contributed by atoms with Crippen LogP contribution in [0.1, 0.15) is 5.56 Å². The summed E-state index contributed by atoms with van der Waals surface area (Å²) in [5.41, 5.74) is 14.9. The molecular formula is C12H17N5. The molecule has 1 aromatic carbocycles. The van der Waals surface area contributed by atoms with Crippen LogP contribution in [-0.4, -0.2) is 16.8 Å². The second kappa shape index (κ2) is 4.37. The van der Waals surface area contributed by atoms with Gasteiger partial charge in [-0.25, -0.2) is 0 Å². The van der Waals surface area contributed by atoms with Gasteiger partial charge in [-0.05, 0) is 18.2 Å². The molecule has 0 aliphatic rings. The molecule has 0 spiro atoms. The molecule has 1 heterocycles. The van der Waals surface area contributed by atoms with Crippen molar-refractivity contribution in [1.29, 1.82) is 0 Å². The highest BCUT2D eigenvalue weighted by Gasteiger charge is 2.05. The molecular weight excluding hydrogens is 214 g/mol. The Morgan fingerprint density at radius 3 is 2.65 bits per heavy atom. The smallest absolute Gasteiger partial charge is 0.0568 e.